The minimum Gasteiger partial charge on any atom is -0.480 e. The van der Waals surface area contributed by atoms with E-state index >= 15 is 0 Å². The second-order valence-electron chi connectivity index (χ2n) is 5.04. The molecule has 0 radical (unpaired) electrons. The normalized spacial score (nSPS) is 32.8. The van der Waals surface area contributed by atoms with Crippen LogP contribution in [0.15, 0.2) is 0 Å². The lowest BCUT2D eigenvalue weighted by Crippen LogP contribution is -2.48. The Kier molecular flexibility index (Phi) is 3.38. The summed E-state index contributed by atoms with van der Waals surface area (Å²) in [5.41, 5.74) is 0. The molecule has 6 nitrogen and oxygen atoms in total. The Morgan fingerprint density at radius 3 is 2.17 bits per heavy atom. The van der Waals surface area contributed by atoms with Crippen LogP contribution in [0, 0.1) is 17.8 Å². The molecule has 18 heavy (non-hydrogen) atoms. The van der Waals surface area contributed by atoms with E-state index in [0.717, 1.165) is 11.3 Å². The van der Waals surface area contributed by atoms with Crippen LogP contribution < -0.4 is 0 Å². The fraction of sp³-hybridized carbons (Fsp3) is 0.750. The molecule has 2 rings (SSSR count). The number of likely N-dealkylation sites (tertiary alicyclic amines) is 1. The van der Waals surface area contributed by atoms with Crippen molar-refractivity contribution in [3.63, 3.8) is 0 Å². The van der Waals surface area contributed by atoms with Gasteiger partial charge in [0.2, 0.25) is 11.8 Å². The van der Waals surface area contributed by atoms with Gasteiger partial charge in [-0.3, -0.25) is 14.5 Å². The van der Waals surface area contributed by atoms with Crippen molar-refractivity contribution in [2.75, 3.05) is 6.61 Å². The Bertz CT molecular complexity index is 370. The monoisotopic (exact) mass is 255 g/mol. The van der Waals surface area contributed by atoms with Gasteiger partial charge >= 0.3 is 5.97 Å². The van der Waals surface area contributed by atoms with Gasteiger partial charge in [-0.25, -0.2) is 4.79 Å². The second kappa shape index (κ2) is 4.68. The number of carbonyl (C=O) groups excluding carboxylic acids is 2. The van der Waals surface area contributed by atoms with Crippen LogP contribution in [0.25, 0.3) is 0 Å². The number of carbonyl (C=O) groups is 3. The molecule has 2 N–H and O–H groups in total. The summed E-state index contributed by atoms with van der Waals surface area (Å²) in [6.07, 6.45) is 2.23. The van der Waals surface area contributed by atoms with Crippen LogP contribution in [0.3, 0.4) is 0 Å². The summed E-state index contributed by atoms with van der Waals surface area (Å²) in [5.74, 6) is -2.59. The molecule has 1 aliphatic heterocycles. The number of fused-ring (bicyclic) bond motifs is 1. The molecule has 0 aromatic rings. The van der Waals surface area contributed by atoms with E-state index in [1.807, 2.05) is 6.92 Å². The van der Waals surface area contributed by atoms with E-state index in [9.17, 15) is 14.4 Å². The zero-order valence-electron chi connectivity index (χ0n) is 10.2. The topological polar surface area (TPSA) is 94.9 Å². The van der Waals surface area contributed by atoms with E-state index in [2.05, 4.69) is 0 Å². The molecular weight excluding hydrogens is 238 g/mol. The van der Waals surface area contributed by atoms with Gasteiger partial charge in [0.05, 0.1) is 18.4 Å². The maximum Gasteiger partial charge on any atom is 0.329 e. The van der Waals surface area contributed by atoms with Crippen molar-refractivity contribution in [2.24, 2.45) is 17.8 Å². The summed E-state index contributed by atoms with van der Waals surface area (Å²) < 4.78 is 0. The van der Waals surface area contributed by atoms with Gasteiger partial charge in [-0.15, -0.1) is 0 Å². The van der Waals surface area contributed by atoms with E-state index in [-0.39, 0.29) is 11.8 Å². The number of aliphatic hydroxyl groups is 1. The lowest BCUT2D eigenvalue weighted by atomic mass is 10.00. The predicted octanol–water partition coefficient (Wildman–Crippen LogP) is -0.147. The molecule has 0 aromatic heterocycles. The number of hydrogen-bond donors (Lipinski definition) is 2. The highest BCUT2D eigenvalue weighted by atomic mass is 16.4. The third-order valence-corrected chi connectivity index (χ3v) is 4.12. The van der Waals surface area contributed by atoms with Gasteiger partial charge in [0.1, 0.15) is 0 Å². The van der Waals surface area contributed by atoms with Crippen LogP contribution in [0.5, 0.6) is 0 Å². The zero-order chi connectivity index (χ0) is 13.4. The Balaban J connectivity index is 2.21. The largest absolute Gasteiger partial charge is 0.480 e. The maximum atomic E-state index is 12.1. The van der Waals surface area contributed by atoms with Gasteiger partial charge in [-0.2, -0.15) is 0 Å². The summed E-state index contributed by atoms with van der Waals surface area (Å²) in [4.78, 5) is 35.9. The summed E-state index contributed by atoms with van der Waals surface area (Å²) in [6.45, 7) is 1.29. The summed E-state index contributed by atoms with van der Waals surface area (Å²) in [5, 5.41) is 18.0. The second-order valence-corrected chi connectivity index (χ2v) is 5.04. The molecule has 100 valence electrons. The van der Waals surface area contributed by atoms with Crippen LogP contribution in [-0.2, 0) is 14.4 Å². The number of carboxylic acid groups (broad SMARTS) is 1. The molecule has 1 aliphatic carbocycles. The number of aliphatic carboxylic acids is 1. The number of nitrogens with zero attached hydrogens (tertiary/aromatic N) is 1. The van der Waals surface area contributed by atoms with Gasteiger partial charge in [0.25, 0.3) is 0 Å². The summed E-state index contributed by atoms with van der Waals surface area (Å²) >= 11 is 0. The quantitative estimate of drug-likeness (QED) is 0.681. The van der Waals surface area contributed by atoms with Gasteiger partial charge < -0.3 is 10.2 Å². The van der Waals surface area contributed by atoms with E-state index in [1.54, 1.807) is 0 Å². The van der Waals surface area contributed by atoms with Gasteiger partial charge in [-0.1, -0.05) is 13.3 Å². The van der Waals surface area contributed by atoms with Gasteiger partial charge in [-0.05, 0) is 18.8 Å². The highest BCUT2D eigenvalue weighted by molar-refractivity contribution is 6.08. The smallest absolute Gasteiger partial charge is 0.329 e. The van der Waals surface area contributed by atoms with Crippen molar-refractivity contribution in [3.8, 4) is 0 Å². The average Bonchev–Trinajstić information content (AvgIpc) is 2.85. The van der Waals surface area contributed by atoms with Crippen molar-refractivity contribution >= 4 is 17.8 Å². The van der Waals surface area contributed by atoms with Crippen molar-refractivity contribution < 1.29 is 24.6 Å². The number of amides is 2. The van der Waals surface area contributed by atoms with Crippen LogP contribution in [0.4, 0.5) is 0 Å². The molecule has 1 saturated heterocycles. The molecule has 2 aliphatic rings. The van der Waals surface area contributed by atoms with Gasteiger partial charge in [0, 0.05) is 0 Å². The van der Waals surface area contributed by atoms with E-state index in [4.69, 9.17) is 10.2 Å². The van der Waals surface area contributed by atoms with Crippen LogP contribution in [0.1, 0.15) is 26.2 Å². The lowest BCUT2D eigenvalue weighted by Gasteiger charge is -2.22. The molecule has 0 spiro atoms. The van der Waals surface area contributed by atoms with Crippen molar-refractivity contribution in [1.29, 1.82) is 0 Å². The highest BCUT2D eigenvalue weighted by Gasteiger charge is 2.55. The fourth-order valence-electron chi connectivity index (χ4n) is 3.07. The molecule has 0 aromatic carbocycles. The molecule has 6 heteroatoms. The Labute approximate surface area is 105 Å². The molecule has 3 unspecified atom stereocenters. The molecule has 2 amide bonds. The first-order chi connectivity index (χ1) is 8.51. The molecule has 2 fully saturated rings. The molecule has 1 heterocycles. The van der Waals surface area contributed by atoms with E-state index in [1.165, 1.54) is 0 Å². The fourth-order valence-corrected chi connectivity index (χ4v) is 3.07. The zero-order valence-corrected chi connectivity index (χ0v) is 10.2. The number of hydrogen-bond acceptors (Lipinski definition) is 4. The van der Waals surface area contributed by atoms with Crippen molar-refractivity contribution in [3.05, 3.63) is 0 Å². The van der Waals surface area contributed by atoms with Crippen LogP contribution in [0.2, 0.25) is 0 Å². The lowest BCUT2D eigenvalue weighted by molar-refractivity contribution is -0.157. The number of aliphatic hydroxyl groups excluding tert-OH is 1. The first kappa shape index (κ1) is 13.0. The average molecular weight is 255 g/mol. The Morgan fingerprint density at radius 2 is 1.83 bits per heavy atom. The van der Waals surface area contributed by atoms with Crippen molar-refractivity contribution in [2.45, 2.75) is 32.2 Å². The first-order valence-corrected chi connectivity index (χ1v) is 6.21. The van der Waals surface area contributed by atoms with E-state index < -0.39 is 30.4 Å². The maximum absolute atomic E-state index is 12.1. The third kappa shape index (κ3) is 1.80. The number of rotatable bonds is 4. The van der Waals surface area contributed by atoms with Gasteiger partial charge in [0.15, 0.2) is 6.04 Å². The van der Waals surface area contributed by atoms with Crippen molar-refractivity contribution in [1.82, 2.24) is 4.90 Å². The molecule has 0 bridgehead atoms. The van der Waals surface area contributed by atoms with Crippen LogP contribution >= 0.6 is 0 Å². The SMILES string of the molecule is CCC1CC2C(=O)N(C(CO)C(=O)O)C(=O)C2C1. The first-order valence-electron chi connectivity index (χ1n) is 6.21. The summed E-state index contributed by atoms with van der Waals surface area (Å²) in [7, 11) is 0. The minimum atomic E-state index is -1.43. The summed E-state index contributed by atoms with van der Waals surface area (Å²) in [6, 6.07) is -1.43. The highest BCUT2D eigenvalue weighted by Crippen LogP contribution is 2.44. The minimum absolute atomic E-state index is 0.368. The molecular formula is C12H17NO5. The number of carboxylic acids is 1. The standard InChI is InChI=1S/C12H17NO5/c1-2-6-3-7-8(4-6)11(16)13(10(7)15)9(5-14)12(17)18/h6-9,14H,2-5H2,1H3,(H,17,18). The molecule has 1 saturated carbocycles. The predicted molar refractivity (Wildman–Crippen MR) is 60.4 cm³/mol. The van der Waals surface area contributed by atoms with E-state index in [0.29, 0.717) is 18.8 Å². The van der Waals surface area contributed by atoms with Crippen LogP contribution in [-0.4, -0.2) is 45.5 Å². The molecule has 3 atom stereocenters. The Morgan fingerprint density at radius 1 is 1.33 bits per heavy atom. The number of imide groups is 1. The Hall–Kier alpha value is -1.43. The third-order valence-electron chi connectivity index (χ3n) is 4.12.